The first kappa shape index (κ1) is 12.5. The van der Waals surface area contributed by atoms with Crippen LogP contribution in [0.15, 0.2) is 45.6 Å². The van der Waals surface area contributed by atoms with Gasteiger partial charge in [-0.25, -0.2) is 4.79 Å². The van der Waals surface area contributed by atoms with E-state index in [9.17, 15) is 9.59 Å². The van der Waals surface area contributed by atoms with Gasteiger partial charge in [0.25, 0.3) is 0 Å². The van der Waals surface area contributed by atoms with Crippen LogP contribution in [0.5, 0.6) is 5.75 Å². The molecule has 114 valence electrons. The number of amides is 1. The number of carbonyl (C=O) groups is 1. The Morgan fingerprint density at radius 1 is 1.17 bits per heavy atom. The number of nitrogens with zero attached hydrogens (tertiary/aromatic N) is 1. The van der Waals surface area contributed by atoms with Crippen molar-refractivity contribution in [1.29, 1.82) is 0 Å². The number of fused-ring (bicyclic) bond motifs is 5. The predicted molar refractivity (Wildman–Crippen MR) is 82.8 cm³/mol. The second-order valence-electron chi connectivity index (χ2n) is 5.94. The summed E-state index contributed by atoms with van der Waals surface area (Å²) in [5.74, 6) is 0.0398. The van der Waals surface area contributed by atoms with E-state index in [1.807, 2.05) is 30.3 Å². The van der Waals surface area contributed by atoms with Crippen LogP contribution in [0.2, 0.25) is 0 Å². The van der Waals surface area contributed by atoms with Crippen molar-refractivity contribution in [2.75, 3.05) is 11.9 Å². The van der Waals surface area contributed by atoms with Crippen LogP contribution in [0, 0.1) is 0 Å². The number of hydrogen-bond donors (Lipinski definition) is 1. The Balaban J connectivity index is 1.86. The van der Waals surface area contributed by atoms with Crippen LogP contribution in [0.4, 0.5) is 5.69 Å². The number of anilines is 1. The van der Waals surface area contributed by atoms with Crippen LogP contribution in [-0.2, 0) is 17.3 Å². The summed E-state index contributed by atoms with van der Waals surface area (Å²) in [6.45, 7) is 0.242. The van der Waals surface area contributed by atoms with Gasteiger partial charge >= 0.3 is 5.76 Å². The molecule has 0 aliphatic carbocycles. The van der Waals surface area contributed by atoms with Crippen molar-refractivity contribution in [3.8, 4) is 5.75 Å². The number of ether oxygens (including phenoxy) is 1. The number of rotatable bonds is 0. The molecule has 5 rings (SSSR count). The second-order valence-corrected chi connectivity index (χ2v) is 5.94. The Morgan fingerprint density at radius 3 is 2.87 bits per heavy atom. The fourth-order valence-electron chi connectivity index (χ4n) is 3.60. The summed E-state index contributed by atoms with van der Waals surface area (Å²) in [7, 11) is 1.64. The number of carbonyl (C=O) groups excluding carboxylic acids is 1. The van der Waals surface area contributed by atoms with Gasteiger partial charge in [0.15, 0.2) is 5.58 Å². The SMILES string of the molecule is Cn1c(=O)oc2cc3c(cc21)C1(CO3)C(=O)Nc2ccccc21. The highest BCUT2D eigenvalue weighted by molar-refractivity contribution is 6.10. The molecular formula is C17H12N2O4. The summed E-state index contributed by atoms with van der Waals surface area (Å²) in [5, 5.41) is 2.93. The largest absolute Gasteiger partial charge is 0.491 e. The number of oxazole rings is 1. The lowest BCUT2D eigenvalue weighted by atomic mass is 9.77. The van der Waals surface area contributed by atoms with Crippen molar-refractivity contribution in [3.05, 3.63) is 58.1 Å². The van der Waals surface area contributed by atoms with Crippen LogP contribution in [-0.4, -0.2) is 17.1 Å². The second kappa shape index (κ2) is 3.84. The maximum absolute atomic E-state index is 12.8. The molecule has 0 radical (unpaired) electrons. The normalized spacial score (nSPS) is 21.3. The van der Waals surface area contributed by atoms with E-state index in [4.69, 9.17) is 9.15 Å². The van der Waals surface area contributed by atoms with Crippen LogP contribution in [0.1, 0.15) is 11.1 Å². The van der Waals surface area contributed by atoms with E-state index in [1.165, 1.54) is 4.57 Å². The quantitative estimate of drug-likeness (QED) is 0.687. The van der Waals surface area contributed by atoms with E-state index in [0.717, 1.165) is 16.8 Å². The fraction of sp³-hybridized carbons (Fsp3) is 0.176. The molecule has 2 aliphatic heterocycles. The van der Waals surface area contributed by atoms with Crippen molar-refractivity contribution in [1.82, 2.24) is 4.57 Å². The molecule has 0 saturated heterocycles. The highest BCUT2D eigenvalue weighted by Crippen LogP contribution is 2.50. The third kappa shape index (κ3) is 1.34. The Labute approximate surface area is 130 Å². The van der Waals surface area contributed by atoms with Gasteiger partial charge in [-0.3, -0.25) is 9.36 Å². The molecule has 0 saturated carbocycles. The van der Waals surface area contributed by atoms with Gasteiger partial charge in [-0.1, -0.05) is 18.2 Å². The lowest BCUT2D eigenvalue weighted by Crippen LogP contribution is -2.37. The molecule has 0 fully saturated rings. The van der Waals surface area contributed by atoms with Crippen LogP contribution in [0.25, 0.3) is 11.1 Å². The van der Waals surface area contributed by atoms with Gasteiger partial charge in [-0.15, -0.1) is 0 Å². The van der Waals surface area contributed by atoms with E-state index >= 15 is 0 Å². The van der Waals surface area contributed by atoms with Crippen LogP contribution < -0.4 is 15.8 Å². The van der Waals surface area contributed by atoms with Gasteiger partial charge in [-0.2, -0.15) is 0 Å². The van der Waals surface area contributed by atoms with Crippen molar-refractivity contribution in [3.63, 3.8) is 0 Å². The van der Waals surface area contributed by atoms with E-state index in [1.54, 1.807) is 13.1 Å². The molecular weight excluding hydrogens is 296 g/mol. The molecule has 1 atom stereocenters. The Hall–Kier alpha value is -3.02. The average Bonchev–Trinajstić information content (AvgIpc) is 3.15. The van der Waals surface area contributed by atoms with Crippen molar-refractivity contribution < 1.29 is 13.9 Å². The Morgan fingerprint density at radius 2 is 2.00 bits per heavy atom. The molecule has 23 heavy (non-hydrogen) atoms. The molecule has 1 spiro atoms. The maximum atomic E-state index is 12.8. The third-order valence-electron chi connectivity index (χ3n) is 4.82. The smallest absolute Gasteiger partial charge is 0.419 e. The fourth-order valence-corrected chi connectivity index (χ4v) is 3.60. The zero-order chi connectivity index (χ0) is 15.8. The van der Waals surface area contributed by atoms with E-state index < -0.39 is 11.2 Å². The number of hydrogen-bond acceptors (Lipinski definition) is 4. The minimum absolute atomic E-state index is 0.106. The highest BCUT2D eigenvalue weighted by Gasteiger charge is 2.54. The summed E-state index contributed by atoms with van der Waals surface area (Å²) in [6, 6.07) is 11.1. The Bertz CT molecular complexity index is 1060. The van der Waals surface area contributed by atoms with Crippen LogP contribution >= 0.6 is 0 Å². The van der Waals surface area contributed by atoms with Crippen molar-refractivity contribution >= 4 is 22.7 Å². The molecule has 3 aromatic rings. The van der Waals surface area contributed by atoms with Gasteiger partial charge in [0, 0.05) is 24.4 Å². The number of aryl methyl sites for hydroxylation is 1. The summed E-state index contributed by atoms with van der Waals surface area (Å²) in [6.07, 6.45) is 0. The minimum Gasteiger partial charge on any atom is -0.491 e. The molecule has 2 aromatic carbocycles. The van der Waals surface area contributed by atoms with Gasteiger partial charge < -0.3 is 14.5 Å². The molecule has 6 nitrogen and oxygen atoms in total. The first-order chi connectivity index (χ1) is 11.1. The standard InChI is InChI=1S/C17H12N2O4/c1-19-12-6-10-13(7-14(12)23-16(19)21)22-8-17(10)9-4-2-3-5-11(9)18-15(17)20/h2-7H,8H2,1H3,(H,18,20). The summed E-state index contributed by atoms with van der Waals surface area (Å²) >= 11 is 0. The minimum atomic E-state index is -0.868. The van der Waals surface area contributed by atoms with E-state index in [2.05, 4.69) is 5.32 Å². The van der Waals surface area contributed by atoms with E-state index in [0.29, 0.717) is 16.8 Å². The molecule has 1 aromatic heterocycles. The third-order valence-corrected chi connectivity index (χ3v) is 4.82. The highest BCUT2D eigenvalue weighted by atomic mass is 16.5. The van der Waals surface area contributed by atoms with Gasteiger partial charge in [-0.05, 0) is 17.7 Å². The zero-order valence-corrected chi connectivity index (χ0v) is 12.3. The molecule has 6 heteroatoms. The number of para-hydroxylation sites is 1. The predicted octanol–water partition coefficient (Wildman–Crippen LogP) is 1.76. The van der Waals surface area contributed by atoms with E-state index in [-0.39, 0.29) is 12.5 Å². The van der Waals surface area contributed by atoms with Crippen LogP contribution in [0.3, 0.4) is 0 Å². The molecule has 1 amide bonds. The van der Waals surface area contributed by atoms with Crippen molar-refractivity contribution in [2.45, 2.75) is 5.41 Å². The number of benzene rings is 2. The number of aromatic nitrogens is 1. The first-order valence-electron chi connectivity index (χ1n) is 7.29. The van der Waals surface area contributed by atoms with Gasteiger partial charge in [0.2, 0.25) is 5.91 Å². The Kier molecular flexibility index (Phi) is 2.09. The molecule has 1 unspecified atom stereocenters. The average molecular weight is 308 g/mol. The van der Waals surface area contributed by atoms with Gasteiger partial charge in [0.1, 0.15) is 17.8 Å². The summed E-state index contributed by atoms with van der Waals surface area (Å²) in [5.41, 5.74) is 2.71. The zero-order valence-electron chi connectivity index (χ0n) is 12.3. The first-order valence-corrected chi connectivity index (χ1v) is 7.29. The topological polar surface area (TPSA) is 73.5 Å². The lowest BCUT2D eigenvalue weighted by Gasteiger charge is -2.20. The summed E-state index contributed by atoms with van der Waals surface area (Å²) in [4.78, 5) is 24.5. The number of nitrogens with one attached hydrogen (secondary N) is 1. The van der Waals surface area contributed by atoms with Crippen molar-refractivity contribution in [2.24, 2.45) is 7.05 Å². The lowest BCUT2D eigenvalue weighted by molar-refractivity contribution is -0.119. The molecule has 3 heterocycles. The molecule has 2 aliphatic rings. The monoisotopic (exact) mass is 308 g/mol. The molecule has 1 N–H and O–H groups in total. The van der Waals surface area contributed by atoms with Gasteiger partial charge in [0.05, 0.1) is 5.52 Å². The maximum Gasteiger partial charge on any atom is 0.419 e. The summed E-state index contributed by atoms with van der Waals surface area (Å²) < 4.78 is 12.4. The molecule has 0 bridgehead atoms.